The Kier molecular flexibility index (Phi) is 4.98. The molecule has 1 aromatic rings. The lowest BCUT2D eigenvalue weighted by atomic mass is 10.2. The van der Waals surface area contributed by atoms with Crippen LogP contribution >= 0.6 is 7.37 Å². The van der Waals surface area contributed by atoms with E-state index in [1.165, 1.54) is 0 Å². The number of unbranched alkanes of at least 4 members (excludes halogenated alkanes) is 1. The Balaban J connectivity index is 2.90. The predicted octanol–water partition coefficient (Wildman–Crippen LogP) is 3.33. The van der Waals surface area contributed by atoms with Gasteiger partial charge in [-0.05, 0) is 18.6 Å². The average Bonchev–Trinajstić information content (AvgIpc) is 2.31. The van der Waals surface area contributed by atoms with Gasteiger partial charge in [-0.25, -0.2) is 0 Å². The van der Waals surface area contributed by atoms with Gasteiger partial charge in [0, 0.05) is 5.30 Å². The minimum absolute atomic E-state index is 0.324. The number of hydrogen-bond donors (Lipinski definition) is 1. The van der Waals surface area contributed by atoms with Gasteiger partial charge in [-0.3, -0.25) is 4.57 Å². The molecule has 0 aliphatic carbocycles. The monoisotopic (exact) mass is 238 g/mol. The Labute approximate surface area is 97.5 Å². The van der Waals surface area contributed by atoms with Crippen LogP contribution < -0.4 is 5.30 Å². The van der Waals surface area contributed by atoms with Gasteiger partial charge in [0.1, 0.15) is 0 Å². The van der Waals surface area contributed by atoms with Crippen molar-refractivity contribution >= 4 is 12.7 Å². The standard InChI is InChI=1S/C13H19O2P/c1-3-5-9-12(4-2)16(14,15)13-10-7-6-8-11-13/h4,6-8,10-12H,2-3,5,9H2,1H3,(H,14,15). The molecule has 0 heterocycles. The number of rotatable bonds is 6. The van der Waals surface area contributed by atoms with Crippen LogP contribution in [0.5, 0.6) is 0 Å². The highest BCUT2D eigenvalue weighted by Gasteiger charge is 2.29. The summed E-state index contributed by atoms with van der Waals surface area (Å²) in [5, 5.41) is 0.524. The van der Waals surface area contributed by atoms with Crippen molar-refractivity contribution in [3.05, 3.63) is 43.0 Å². The van der Waals surface area contributed by atoms with Crippen LogP contribution in [-0.4, -0.2) is 10.6 Å². The smallest absolute Gasteiger partial charge is 0.236 e. The van der Waals surface area contributed by atoms with E-state index in [1.807, 2.05) is 6.07 Å². The molecular weight excluding hydrogens is 219 g/mol. The zero-order chi connectivity index (χ0) is 12.0. The molecule has 0 aliphatic heterocycles. The third-order valence-corrected chi connectivity index (χ3v) is 5.11. The Morgan fingerprint density at radius 2 is 2.06 bits per heavy atom. The summed E-state index contributed by atoms with van der Waals surface area (Å²) in [5.74, 6) is 0. The highest BCUT2D eigenvalue weighted by molar-refractivity contribution is 7.66. The highest BCUT2D eigenvalue weighted by atomic mass is 31.2. The lowest BCUT2D eigenvalue weighted by Crippen LogP contribution is -2.15. The number of hydrogen-bond acceptors (Lipinski definition) is 1. The Morgan fingerprint density at radius 1 is 1.44 bits per heavy atom. The largest absolute Gasteiger partial charge is 0.341 e. The molecule has 0 radical (unpaired) electrons. The van der Waals surface area contributed by atoms with Crippen LogP contribution in [0.4, 0.5) is 0 Å². The summed E-state index contributed by atoms with van der Waals surface area (Å²) in [7, 11) is -3.30. The van der Waals surface area contributed by atoms with E-state index in [9.17, 15) is 9.46 Å². The number of allylic oxidation sites excluding steroid dienone is 1. The van der Waals surface area contributed by atoms with Gasteiger partial charge in [0.05, 0.1) is 5.66 Å². The molecule has 0 saturated carbocycles. The second-order valence-corrected chi connectivity index (χ2v) is 6.33. The van der Waals surface area contributed by atoms with E-state index in [1.54, 1.807) is 30.3 Å². The molecule has 1 N–H and O–H groups in total. The van der Waals surface area contributed by atoms with Crippen LogP contribution in [0.25, 0.3) is 0 Å². The molecule has 0 aliphatic rings. The molecule has 0 amide bonds. The van der Waals surface area contributed by atoms with Crippen molar-refractivity contribution in [1.29, 1.82) is 0 Å². The molecule has 2 atom stereocenters. The Bertz CT molecular complexity index is 373. The van der Waals surface area contributed by atoms with Gasteiger partial charge in [-0.1, -0.05) is 44.0 Å². The molecule has 1 aromatic carbocycles. The maximum absolute atomic E-state index is 12.3. The average molecular weight is 238 g/mol. The maximum Gasteiger partial charge on any atom is 0.236 e. The van der Waals surface area contributed by atoms with Gasteiger partial charge in [-0.15, -0.1) is 6.58 Å². The van der Waals surface area contributed by atoms with Crippen molar-refractivity contribution in [3.63, 3.8) is 0 Å². The van der Waals surface area contributed by atoms with Gasteiger partial charge in [0.15, 0.2) is 0 Å². The van der Waals surface area contributed by atoms with E-state index in [2.05, 4.69) is 13.5 Å². The summed E-state index contributed by atoms with van der Waals surface area (Å²) in [6.07, 6.45) is 4.32. The lowest BCUT2D eigenvalue weighted by Gasteiger charge is -2.20. The molecule has 2 unspecified atom stereocenters. The first-order valence-corrected chi connectivity index (χ1v) is 7.36. The fraction of sp³-hybridized carbons (Fsp3) is 0.385. The Hall–Kier alpha value is -0.850. The SMILES string of the molecule is C=CC(CCCC)P(=O)(O)c1ccccc1. The lowest BCUT2D eigenvalue weighted by molar-refractivity contribution is 0.477. The zero-order valence-electron chi connectivity index (χ0n) is 9.67. The molecule has 0 spiro atoms. The third kappa shape index (κ3) is 3.07. The summed E-state index contributed by atoms with van der Waals surface area (Å²) in [4.78, 5) is 10.2. The van der Waals surface area contributed by atoms with Crippen molar-refractivity contribution in [3.8, 4) is 0 Å². The molecule has 3 heteroatoms. The first kappa shape index (κ1) is 13.2. The summed E-state index contributed by atoms with van der Waals surface area (Å²) >= 11 is 0. The van der Waals surface area contributed by atoms with Crippen LogP contribution in [0, 0.1) is 0 Å². The van der Waals surface area contributed by atoms with Crippen molar-refractivity contribution in [2.75, 3.05) is 0 Å². The van der Waals surface area contributed by atoms with Crippen molar-refractivity contribution < 1.29 is 9.46 Å². The van der Waals surface area contributed by atoms with Gasteiger partial charge in [0.25, 0.3) is 0 Å². The summed E-state index contributed by atoms with van der Waals surface area (Å²) < 4.78 is 12.3. The minimum Gasteiger partial charge on any atom is -0.341 e. The molecule has 0 saturated heterocycles. The number of benzene rings is 1. The van der Waals surface area contributed by atoms with Crippen LogP contribution in [0.3, 0.4) is 0 Å². The summed E-state index contributed by atoms with van der Waals surface area (Å²) in [6, 6.07) is 8.85. The quantitative estimate of drug-likeness (QED) is 0.609. The first-order valence-electron chi connectivity index (χ1n) is 5.63. The van der Waals surface area contributed by atoms with Crippen LogP contribution in [-0.2, 0) is 4.57 Å². The van der Waals surface area contributed by atoms with Crippen molar-refractivity contribution in [1.82, 2.24) is 0 Å². The summed E-state index contributed by atoms with van der Waals surface area (Å²) in [6.45, 7) is 5.75. The minimum atomic E-state index is -3.30. The van der Waals surface area contributed by atoms with Gasteiger partial charge < -0.3 is 4.89 Å². The molecule has 1 rings (SSSR count). The van der Waals surface area contributed by atoms with E-state index >= 15 is 0 Å². The topological polar surface area (TPSA) is 37.3 Å². The van der Waals surface area contributed by atoms with Gasteiger partial charge >= 0.3 is 0 Å². The van der Waals surface area contributed by atoms with Gasteiger partial charge in [0.2, 0.25) is 7.37 Å². The second-order valence-electron chi connectivity index (χ2n) is 3.90. The summed E-state index contributed by atoms with van der Waals surface area (Å²) in [5.41, 5.74) is -0.324. The first-order chi connectivity index (χ1) is 7.62. The van der Waals surface area contributed by atoms with Crippen LogP contribution in [0.2, 0.25) is 0 Å². The molecule has 88 valence electrons. The predicted molar refractivity (Wildman–Crippen MR) is 69.4 cm³/mol. The zero-order valence-corrected chi connectivity index (χ0v) is 10.6. The van der Waals surface area contributed by atoms with Crippen LogP contribution in [0.15, 0.2) is 43.0 Å². The van der Waals surface area contributed by atoms with Gasteiger partial charge in [-0.2, -0.15) is 0 Å². The van der Waals surface area contributed by atoms with E-state index in [-0.39, 0.29) is 5.66 Å². The fourth-order valence-electron chi connectivity index (χ4n) is 1.68. The van der Waals surface area contributed by atoms with E-state index in [0.29, 0.717) is 5.30 Å². The fourth-order valence-corrected chi connectivity index (χ4v) is 3.48. The molecule has 16 heavy (non-hydrogen) atoms. The molecule has 2 nitrogen and oxygen atoms in total. The molecule has 0 fully saturated rings. The molecular formula is C13H19O2P. The Morgan fingerprint density at radius 3 is 2.56 bits per heavy atom. The maximum atomic E-state index is 12.3. The van der Waals surface area contributed by atoms with E-state index in [4.69, 9.17) is 0 Å². The second kappa shape index (κ2) is 6.03. The molecule has 0 bridgehead atoms. The highest BCUT2D eigenvalue weighted by Crippen LogP contribution is 2.47. The van der Waals surface area contributed by atoms with E-state index in [0.717, 1.165) is 19.3 Å². The molecule has 0 aromatic heterocycles. The normalized spacial score (nSPS) is 16.4. The van der Waals surface area contributed by atoms with Crippen LogP contribution in [0.1, 0.15) is 26.2 Å². The third-order valence-electron chi connectivity index (χ3n) is 2.70. The van der Waals surface area contributed by atoms with Crippen molar-refractivity contribution in [2.45, 2.75) is 31.8 Å². The van der Waals surface area contributed by atoms with Crippen molar-refractivity contribution in [2.24, 2.45) is 0 Å². The van der Waals surface area contributed by atoms with E-state index < -0.39 is 7.37 Å².